The minimum Gasteiger partial charge on any atom is -0.308 e. The summed E-state index contributed by atoms with van der Waals surface area (Å²) in [4.78, 5) is 14.3. The average Bonchev–Trinajstić information content (AvgIpc) is 3.05. The first-order chi connectivity index (χ1) is 11.6. The molecule has 1 aliphatic heterocycles. The second kappa shape index (κ2) is 7.26. The van der Waals surface area contributed by atoms with Crippen molar-refractivity contribution in [3.05, 3.63) is 65.5 Å². The van der Waals surface area contributed by atoms with Crippen LogP contribution in [0.5, 0.6) is 0 Å². The highest BCUT2D eigenvalue weighted by atomic mass is 32.2. The summed E-state index contributed by atoms with van der Waals surface area (Å²) in [6.07, 6.45) is 0. The van der Waals surface area contributed by atoms with E-state index in [1.165, 1.54) is 11.6 Å². The fraction of sp³-hybridized carbons (Fsp3) is 0.316. The van der Waals surface area contributed by atoms with Gasteiger partial charge in [0.2, 0.25) is 0 Å². The van der Waals surface area contributed by atoms with Crippen molar-refractivity contribution in [2.75, 3.05) is 17.6 Å². The Hall–Kier alpha value is -2.01. The predicted molar refractivity (Wildman–Crippen MR) is 97.9 cm³/mol. The molecule has 2 amide bonds. The Bertz CT molecular complexity index is 718. The first-order valence-electron chi connectivity index (χ1n) is 8.10. The van der Waals surface area contributed by atoms with Gasteiger partial charge in [-0.05, 0) is 29.7 Å². The molecule has 3 rings (SSSR count). The van der Waals surface area contributed by atoms with Gasteiger partial charge in [-0.15, -0.1) is 11.8 Å². The quantitative estimate of drug-likeness (QED) is 0.827. The standard InChI is InChI=1S/C19H21FN2OS/c1-13(2)14-7-9-15(10-8-14)21-19(23)22-11-12-24-18(22)16-5-3-4-6-17(16)20/h3-10,13,18H,11-12H2,1-2H3,(H,21,23)/t18-/m0/s1. The van der Waals surface area contributed by atoms with Crippen molar-refractivity contribution in [2.45, 2.75) is 25.1 Å². The van der Waals surface area contributed by atoms with Gasteiger partial charge in [0, 0.05) is 23.5 Å². The van der Waals surface area contributed by atoms with Gasteiger partial charge in [-0.2, -0.15) is 0 Å². The van der Waals surface area contributed by atoms with Crippen LogP contribution in [-0.4, -0.2) is 23.2 Å². The minimum atomic E-state index is -0.277. The molecule has 0 aliphatic carbocycles. The Morgan fingerprint density at radius 3 is 2.58 bits per heavy atom. The van der Waals surface area contributed by atoms with Crippen molar-refractivity contribution in [3.63, 3.8) is 0 Å². The molecule has 1 aliphatic rings. The summed E-state index contributed by atoms with van der Waals surface area (Å²) in [7, 11) is 0. The SMILES string of the molecule is CC(C)c1ccc(NC(=O)N2CCS[C@H]2c2ccccc2F)cc1. The third kappa shape index (κ3) is 3.56. The van der Waals surface area contributed by atoms with Crippen LogP contribution in [0.25, 0.3) is 0 Å². The second-order valence-corrected chi connectivity index (χ2v) is 7.33. The Morgan fingerprint density at radius 2 is 1.92 bits per heavy atom. The molecule has 1 atom stereocenters. The van der Waals surface area contributed by atoms with Gasteiger partial charge in [-0.3, -0.25) is 0 Å². The minimum absolute atomic E-state index is 0.189. The number of carbonyl (C=O) groups excluding carboxylic acids is 1. The molecule has 2 aromatic rings. The van der Waals surface area contributed by atoms with E-state index in [4.69, 9.17) is 0 Å². The molecule has 2 aromatic carbocycles. The summed E-state index contributed by atoms with van der Waals surface area (Å²) in [6, 6.07) is 14.3. The molecule has 5 heteroatoms. The van der Waals surface area contributed by atoms with E-state index in [9.17, 15) is 9.18 Å². The molecule has 126 valence electrons. The number of hydrogen-bond donors (Lipinski definition) is 1. The molecule has 0 spiro atoms. The zero-order chi connectivity index (χ0) is 17.1. The normalized spacial score (nSPS) is 17.3. The predicted octanol–water partition coefficient (Wildman–Crippen LogP) is 5.23. The van der Waals surface area contributed by atoms with E-state index in [-0.39, 0.29) is 17.2 Å². The molecule has 1 fully saturated rings. The Balaban J connectivity index is 1.73. The number of halogens is 1. The van der Waals surface area contributed by atoms with Crippen LogP contribution in [0.2, 0.25) is 0 Å². The van der Waals surface area contributed by atoms with Crippen LogP contribution in [0.1, 0.15) is 36.3 Å². The molecule has 24 heavy (non-hydrogen) atoms. The van der Waals surface area contributed by atoms with Gasteiger partial charge in [0.25, 0.3) is 0 Å². The molecule has 3 nitrogen and oxygen atoms in total. The summed E-state index contributed by atoms with van der Waals surface area (Å²) in [6.45, 7) is 4.88. The maximum absolute atomic E-state index is 14.1. The molecular weight excluding hydrogens is 323 g/mol. The molecule has 0 saturated carbocycles. The highest BCUT2D eigenvalue weighted by Crippen LogP contribution is 2.39. The highest BCUT2D eigenvalue weighted by molar-refractivity contribution is 7.99. The Kier molecular flexibility index (Phi) is 5.09. The van der Waals surface area contributed by atoms with Crippen LogP contribution < -0.4 is 5.32 Å². The number of thioether (sulfide) groups is 1. The number of rotatable bonds is 3. The topological polar surface area (TPSA) is 32.3 Å². The number of anilines is 1. The molecule has 0 radical (unpaired) electrons. The van der Waals surface area contributed by atoms with Gasteiger partial charge in [0.1, 0.15) is 11.2 Å². The summed E-state index contributed by atoms with van der Waals surface area (Å²) in [5.41, 5.74) is 2.55. The van der Waals surface area contributed by atoms with Gasteiger partial charge >= 0.3 is 6.03 Å². The van der Waals surface area contributed by atoms with Crippen molar-refractivity contribution in [2.24, 2.45) is 0 Å². The van der Waals surface area contributed by atoms with Crippen LogP contribution in [0.15, 0.2) is 48.5 Å². The summed E-state index contributed by atoms with van der Waals surface area (Å²) in [5.74, 6) is 0.991. The van der Waals surface area contributed by atoms with Crippen molar-refractivity contribution >= 4 is 23.5 Å². The van der Waals surface area contributed by atoms with Gasteiger partial charge in [-0.1, -0.05) is 44.2 Å². The number of nitrogens with one attached hydrogen (secondary N) is 1. The molecule has 1 saturated heterocycles. The lowest BCUT2D eigenvalue weighted by atomic mass is 10.0. The number of urea groups is 1. The lowest BCUT2D eigenvalue weighted by Gasteiger charge is -2.24. The summed E-state index contributed by atoms with van der Waals surface area (Å²) in [5, 5.41) is 2.64. The van der Waals surface area contributed by atoms with Gasteiger partial charge in [0.15, 0.2) is 0 Å². The zero-order valence-corrected chi connectivity index (χ0v) is 14.6. The number of hydrogen-bond acceptors (Lipinski definition) is 2. The van der Waals surface area contributed by atoms with E-state index < -0.39 is 0 Å². The van der Waals surface area contributed by atoms with Crippen LogP contribution in [0.4, 0.5) is 14.9 Å². The van der Waals surface area contributed by atoms with Crippen LogP contribution >= 0.6 is 11.8 Å². The summed E-state index contributed by atoms with van der Waals surface area (Å²) >= 11 is 1.59. The van der Waals surface area contributed by atoms with E-state index in [0.717, 1.165) is 11.4 Å². The van der Waals surface area contributed by atoms with Crippen molar-refractivity contribution in [3.8, 4) is 0 Å². The van der Waals surface area contributed by atoms with E-state index >= 15 is 0 Å². The van der Waals surface area contributed by atoms with Crippen molar-refractivity contribution < 1.29 is 9.18 Å². The maximum Gasteiger partial charge on any atom is 0.323 e. The average molecular weight is 344 g/mol. The number of nitrogens with zero attached hydrogens (tertiary/aromatic N) is 1. The molecule has 0 unspecified atom stereocenters. The number of carbonyl (C=O) groups is 1. The van der Waals surface area contributed by atoms with E-state index in [0.29, 0.717) is 18.0 Å². The number of benzene rings is 2. The van der Waals surface area contributed by atoms with Gasteiger partial charge in [0.05, 0.1) is 0 Å². The van der Waals surface area contributed by atoms with E-state index in [1.54, 1.807) is 34.9 Å². The number of amides is 2. The highest BCUT2D eigenvalue weighted by Gasteiger charge is 2.32. The van der Waals surface area contributed by atoms with Crippen LogP contribution in [0, 0.1) is 5.82 Å². The second-order valence-electron chi connectivity index (χ2n) is 6.14. The van der Waals surface area contributed by atoms with Crippen LogP contribution in [-0.2, 0) is 0 Å². The molecule has 0 bridgehead atoms. The smallest absolute Gasteiger partial charge is 0.308 e. The van der Waals surface area contributed by atoms with E-state index in [2.05, 4.69) is 19.2 Å². The van der Waals surface area contributed by atoms with Crippen molar-refractivity contribution in [1.82, 2.24) is 4.90 Å². The van der Waals surface area contributed by atoms with E-state index in [1.807, 2.05) is 24.3 Å². The summed E-state index contributed by atoms with van der Waals surface area (Å²) < 4.78 is 14.1. The van der Waals surface area contributed by atoms with Crippen LogP contribution in [0.3, 0.4) is 0 Å². The first-order valence-corrected chi connectivity index (χ1v) is 9.15. The maximum atomic E-state index is 14.1. The fourth-order valence-corrected chi connectivity index (χ4v) is 4.03. The zero-order valence-electron chi connectivity index (χ0n) is 13.8. The molecule has 1 heterocycles. The van der Waals surface area contributed by atoms with Gasteiger partial charge < -0.3 is 10.2 Å². The first kappa shape index (κ1) is 16.8. The van der Waals surface area contributed by atoms with Crippen molar-refractivity contribution in [1.29, 1.82) is 0 Å². The molecule has 1 N–H and O–H groups in total. The third-order valence-electron chi connectivity index (χ3n) is 4.15. The Labute approximate surface area is 146 Å². The lowest BCUT2D eigenvalue weighted by Crippen LogP contribution is -2.34. The Morgan fingerprint density at radius 1 is 1.21 bits per heavy atom. The monoisotopic (exact) mass is 344 g/mol. The lowest BCUT2D eigenvalue weighted by molar-refractivity contribution is 0.213. The fourth-order valence-electron chi connectivity index (χ4n) is 2.76. The molecule has 0 aromatic heterocycles. The van der Waals surface area contributed by atoms with Gasteiger partial charge in [-0.25, -0.2) is 9.18 Å². The molecular formula is C19H21FN2OS. The largest absolute Gasteiger partial charge is 0.323 e. The third-order valence-corrected chi connectivity index (χ3v) is 5.39.